The van der Waals surface area contributed by atoms with Gasteiger partial charge in [0.25, 0.3) is 0 Å². The van der Waals surface area contributed by atoms with Crippen molar-refractivity contribution in [2.24, 2.45) is 0 Å². The number of aromatic nitrogens is 3. The number of benzene rings is 7. The highest BCUT2D eigenvalue weighted by molar-refractivity contribution is 6.12. The number of para-hydroxylation sites is 1. The first-order valence-electron chi connectivity index (χ1n) is 18.7. The minimum Gasteiger partial charge on any atom is -0.456 e. The minimum absolute atomic E-state index is 0.179. The predicted octanol–water partition coefficient (Wildman–Crippen LogP) is 12.0. The molecular weight excluding hydrogens is 615 g/mol. The van der Waals surface area contributed by atoms with Crippen LogP contribution in [0.3, 0.4) is 0 Å². The molecule has 5 heteroatoms. The molecule has 0 saturated heterocycles. The summed E-state index contributed by atoms with van der Waals surface area (Å²) in [4.78, 5) is 15.0. The van der Waals surface area contributed by atoms with Gasteiger partial charge in [-0.15, -0.1) is 0 Å². The number of nitrogens with zero attached hydrogens (tertiary/aromatic N) is 3. The maximum absolute atomic E-state index is 8.36. The molecule has 0 fully saturated rings. The Morgan fingerprint density at radius 3 is 1.86 bits per heavy atom. The molecule has 0 N–H and O–H groups in total. The molecule has 0 unspecified atom stereocenters. The number of hydrogen-bond donors (Lipinski definition) is 0. The minimum atomic E-state index is -0.407. The first-order valence-corrected chi connectivity index (χ1v) is 16.2. The number of furan rings is 2. The van der Waals surface area contributed by atoms with Gasteiger partial charge < -0.3 is 8.83 Å². The van der Waals surface area contributed by atoms with Crippen molar-refractivity contribution in [2.45, 2.75) is 0 Å². The van der Waals surface area contributed by atoms with Gasteiger partial charge in [0.05, 0.1) is 6.85 Å². The Labute approximate surface area is 294 Å². The van der Waals surface area contributed by atoms with Crippen molar-refractivity contribution >= 4 is 43.9 Å². The average molecular weight is 647 g/mol. The Hall–Kier alpha value is -6.85. The zero-order chi connectivity index (χ0) is 37.4. The van der Waals surface area contributed by atoms with Crippen molar-refractivity contribution in [2.75, 3.05) is 0 Å². The zero-order valence-electron chi connectivity index (χ0n) is 31.4. The summed E-state index contributed by atoms with van der Waals surface area (Å²) in [5, 5.41) is 3.81. The van der Waals surface area contributed by atoms with E-state index in [1.165, 1.54) is 0 Å². The van der Waals surface area contributed by atoms with E-state index in [9.17, 15) is 0 Å². The van der Waals surface area contributed by atoms with Gasteiger partial charge in [-0.25, -0.2) is 15.0 Å². The first kappa shape index (κ1) is 23.5. The Balaban J connectivity index is 1.06. The standard InChI is InChI=1S/C45H27N3O2/c1-3-10-28(11-4-1)29-18-20-30(21-19-29)32-23-25-39-37(26-32)34-24-22-33(27-41(34)50-39)44-46-43(31-12-5-2-6-13-31)47-45(48-44)36-15-9-17-40-42(36)35-14-7-8-16-38(35)49-40/h1-27H/i1D,3D,4D,10D,11D. The molecule has 5 nitrogen and oxygen atoms in total. The summed E-state index contributed by atoms with van der Waals surface area (Å²) in [6.45, 7) is 0. The van der Waals surface area contributed by atoms with Crippen LogP contribution in [0.5, 0.6) is 0 Å². The van der Waals surface area contributed by atoms with Gasteiger partial charge in [-0.1, -0.05) is 127 Å². The normalized spacial score (nSPS) is 13.0. The third-order valence-corrected chi connectivity index (χ3v) is 9.05. The summed E-state index contributed by atoms with van der Waals surface area (Å²) in [5.74, 6) is 1.60. The van der Waals surface area contributed by atoms with E-state index in [0.29, 0.717) is 28.6 Å². The lowest BCUT2D eigenvalue weighted by Crippen LogP contribution is -2.00. The lowest BCUT2D eigenvalue weighted by atomic mass is 9.99. The largest absolute Gasteiger partial charge is 0.456 e. The smallest absolute Gasteiger partial charge is 0.164 e. The molecule has 0 bridgehead atoms. The maximum Gasteiger partial charge on any atom is 0.164 e. The molecule has 0 atom stereocenters. The molecule has 50 heavy (non-hydrogen) atoms. The van der Waals surface area contributed by atoms with Crippen molar-refractivity contribution in [1.29, 1.82) is 0 Å². The van der Waals surface area contributed by atoms with Crippen LogP contribution in [0.15, 0.2) is 173 Å². The van der Waals surface area contributed by atoms with Gasteiger partial charge >= 0.3 is 0 Å². The molecule has 10 aromatic rings. The number of fused-ring (bicyclic) bond motifs is 6. The highest BCUT2D eigenvalue weighted by atomic mass is 16.3. The van der Waals surface area contributed by atoms with Crippen molar-refractivity contribution in [3.63, 3.8) is 0 Å². The van der Waals surface area contributed by atoms with Crippen LogP contribution >= 0.6 is 0 Å². The van der Waals surface area contributed by atoms with Gasteiger partial charge in [-0.3, -0.25) is 0 Å². The molecule has 3 aromatic heterocycles. The number of rotatable bonds is 5. The quantitative estimate of drug-likeness (QED) is 0.186. The molecule has 3 heterocycles. The predicted molar refractivity (Wildman–Crippen MR) is 202 cm³/mol. The maximum atomic E-state index is 8.36. The van der Waals surface area contributed by atoms with E-state index in [-0.39, 0.29) is 29.7 Å². The van der Waals surface area contributed by atoms with Crippen LogP contribution in [0.25, 0.3) is 100 Å². The van der Waals surface area contributed by atoms with Gasteiger partial charge in [-0.05, 0) is 58.7 Å². The topological polar surface area (TPSA) is 65.0 Å². The van der Waals surface area contributed by atoms with Crippen LogP contribution in [0, 0.1) is 0 Å². The third-order valence-electron chi connectivity index (χ3n) is 9.05. The second kappa shape index (κ2) is 11.4. The van der Waals surface area contributed by atoms with E-state index >= 15 is 0 Å². The monoisotopic (exact) mass is 646 g/mol. The van der Waals surface area contributed by atoms with Crippen LogP contribution in [0.1, 0.15) is 6.85 Å². The van der Waals surface area contributed by atoms with E-state index in [2.05, 4.69) is 6.07 Å². The molecular formula is C45H27N3O2. The van der Waals surface area contributed by atoms with E-state index in [4.69, 9.17) is 30.6 Å². The van der Waals surface area contributed by atoms with Gasteiger partial charge in [-0.2, -0.15) is 0 Å². The highest BCUT2D eigenvalue weighted by Crippen LogP contribution is 2.38. The molecule has 0 aliphatic heterocycles. The lowest BCUT2D eigenvalue weighted by Gasteiger charge is -2.09. The fourth-order valence-electron chi connectivity index (χ4n) is 6.62. The highest BCUT2D eigenvalue weighted by Gasteiger charge is 2.18. The van der Waals surface area contributed by atoms with E-state index < -0.39 is 6.04 Å². The molecule has 0 saturated carbocycles. The van der Waals surface area contributed by atoms with E-state index in [0.717, 1.165) is 66.1 Å². The number of hydrogen-bond acceptors (Lipinski definition) is 5. The Morgan fingerprint density at radius 2 is 1.02 bits per heavy atom. The molecule has 10 rings (SSSR count). The SMILES string of the molecule is [2H]c1c([2H])c([2H])c(-c2ccc(-c3ccc4oc5cc(-c6nc(-c7ccccc7)nc(-c7cccc8oc9ccccc9c78)n6)ccc5c4c3)cc2)c([2H])c1[2H]. The summed E-state index contributed by atoms with van der Waals surface area (Å²) < 4.78 is 53.3. The Bertz CT molecular complexity index is 3130. The van der Waals surface area contributed by atoms with E-state index in [1.807, 2.05) is 115 Å². The van der Waals surface area contributed by atoms with E-state index in [1.54, 1.807) is 12.1 Å². The zero-order valence-corrected chi connectivity index (χ0v) is 26.4. The average Bonchev–Trinajstić information content (AvgIpc) is 3.80. The van der Waals surface area contributed by atoms with Gasteiger partial charge in [0.1, 0.15) is 22.3 Å². The lowest BCUT2D eigenvalue weighted by molar-refractivity contribution is 0.668. The Morgan fingerprint density at radius 1 is 0.380 bits per heavy atom. The molecule has 7 aromatic carbocycles. The van der Waals surface area contributed by atoms with Crippen LogP contribution in [0.2, 0.25) is 0 Å². The van der Waals surface area contributed by atoms with Crippen LogP contribution in [-0.2, 0) is 0 Å². The van der Waals surface area contributed by atoms with Crippen molar-refractivity contribution in [3.05, 3.63) is 164 Å². The second-order valence-corrected chi connectivity index (χ2v) is 12.1. The van der Waals surface area contributed by atoms with Crippen molar-refractivity contribution < 1.29 is 15.7 Å². The van der Waals surface area contributed by atoms with Gasteiger partial charge in [0, 0.05) is 38.2 Å². The Kier molecular flexibility index (Phi) is 5.35. The summed E-state index contributed by atoms with van der Waals surface area (Å²) in [6.07, 6.45) is 0. The van der Waals surface area contributed by atoms with Crippen molar-refractivity contribution in [1.82, 2.24) is 15.0 Å². The summed E-state index contributed by atoms with van der Waals surface area (Å²) in [6, 6.07) is 41.6. The first-order chi connectivity index (χ1) is 26.8. The van der Waals surface area contributed by atoms with Crippen LogP contribution < -0.4 is 0 Å². The molecule has 0 radical (unpaired) electrons. The molecule has 0 aliphatic carbocycles. The fraction of sp³-hybridized carbons (Fsp3) is 0. The summed E-state index contributed by atoms with van der Waals surface area (Å²) in [5.41, 5.74) is 8.06. The molecule has 234 valence electrons. The molecule has 0 amide bonds. The summed E-state index contributed by atoms with van der Waals surface area (Å²) >= 11 is 0. The molecule has 0 aliphatic rings. The van der Waals surface area contributed by atoms with Crippen molar-refractivity contribution in [3.8, 4) is 56.4 Å². The second-order valence-electron chi connectivity index (χ2n) is 12.1. The van der Waals surface area contributed by atoms with Crippen LogP contribution in [-0.4, -0.2) is 15.0 Å². The van der Waals surface area contributed by atoms with Crippen LogP contribution in [0.4, 0.5) is 0 Å². The van der Waals surface area contributed by atoms with Gasteiger partial charge in [0.2, 0.25) is 0 Å². The van der Waals surface area contributed by atoms with Gasteiger partial charge in [0.15, 0.2) is 17.5 Å². The third kappa shape index (κ3) is 4.75. The summed E-state index contributed by atoms with van der Waals surface area (Å²) in [7, 11) is 0. The molecule has 0 spiro atoms. The fourth-order valence-corrected chi connectivity index (χ4v) is 6.62.